The van der Waals surface area contributed by atoms with Gasteiger partial charge in [0.15, 0.2) is 11.6 Å². The maximum Gasteiger partial charge on any atom is 0.197 e. The lowest BCUT2D eigenvalue weighted by atomic mass is 9.66. The predicted octanol–water partition coefficient (Wildman–Crippen LogP) is 10.4. The van der Waals surface area contributed by atoms with Crippen LogP contribution in [0.1, 0.15) is 67.2 Å². The van der Waals surface area contributed by atoms with Crippen LogP contribution < -0.4 is 0 Å². The van der Waals surface area contributed by atoms with E-state index in [0.29, 0.717) is 23.5 Å². The van der Waals surface area contributed by atoms with Crippen molar-refractivity contribution in [2.24, 2.45) is 11.8 Å². The molecule has 0 aliphatic heterocycles. The Balaban J connectivity index is 0.872. The third-order valence-electron chi connectivity index (χ3n) is 11.4. The van der Waals surface area contributed by atoms with Gasteiger partial charge in [0.05, 0.1) is 0 Å². The van der Waals surface area contributed by atoms with Crippen molar-refractivity contribution in [2.75, 3.05) is 0 Å². The van der Waals surface area contributed by atoms with Crippen molar-refractivity contribution < 1.29 is 0 Å². The topological polar surface area (TPSA) is 51.6 Å². The Kier molecular flexibility index (Phi) is 6.50. The number of rotatable bonds is 3. The standard InChI is InChI=1S/C44H36N4/c1-3-7-39-27(5-1)9-15-33-19-35-17-29(11-13-31(35)21-41(33)39)37-23-45-43(46-24-37)44-47-25-38(26-48-44)30-12-14-32-22-42-34(20-36(32)18-30)16-10-28-6-2-4-8-40(28)42/h1-3,5-7,9,12,14-15,17,19,21-26,34,36H,4,8,10-11,13,16,18,20H2. The largest absolute Gasteiger partial charge is 0.233 e. The van der Waals surface area contributed by atoms with Crippen LogP contribution in [0.4, 0.5) is 0 Å². The van der Waals surface area contributed by atoms with Crippen molar-refractivity contribution in [1.82, 2.24) is 19.9 Å². The van der Waals surface area contributed by atoms with E-state index in [4.69, 9.17) is 19.9 Å². The Morgan fingerprint density at radius 3 is 2.29 bits per heavy atom. The van der Waals surface area contributed by atoms with E-state index >= 15 is 0 Å². The molecule has 4 nitrogen and oxygen atoms in total. The molecule has 0 saturated carbocycles. The second kappa shape index (κ2) is 11.2. The van der Waals surface area contributed by atoms with Crippen LogP contribution in [-0.4, -0.2) is 19.9 Å². The van der Waals surface area contributed by atoms with E-state index < -0.39 is 0 Å². The first-order chi connectivity index (χ1) is 23.7. The molecule has 2 unspecified atom stereocenters. The molecule has 0 spiro atoms. The minimum Gasteiger partial charge on any atom is -0.233 e. The first kappa shape index (κ1) is 27.9. The highest BCUT2D eigenvalue weighted by Crippen LogP contribution is 2.49. The second-order valence-corrected chi connectivity index (χ2v) is 14.1. The zero-order chi connectivity index (χ0) is 31.6. The number of allylic oxidation sites excluding steroid dienone is 11. The van der Waals surface area contributed by atoms with E-state index in [1.807, 2.05) is 24.8 Å². The average molecular weight is 621 g/mol. The second-order valence-electron chi connectivity index (χ2n) is 14.1. The molecule has 5 aromatic rings. The Labute approximate surface area is 281 Å². The highest BCUT2D eigenvalue weighted by Gasteiger charge is 2.34. The molecule has 232 valence electrons. The Bertz CT molecular complexity index is 2330. The molecule has 4 heteroatoms. The van der Waals surface area contributed by atoms with Gasteiger partial charge in [-0.2, -0.15) is 0 Å². The summed E-state index contributed by atoms with van der Waals surface area (Å²) in [5, 5.41) is 5.22. The van der Waals surface area contributed by atoms with Gasteiger partial charge in [0.2, 0.25) is 0 Å². The van der Waals surface area contributed by atoms with Crippen molar-refractivity contribution in [2.45, 2.75) is 51.4 Å². The van der Waals surface area contributed by atoms with Crippen molar-refractivity contribution in [1.29, 1.82) is 0 Å². The lowest BCUT2D eigenvalue weighted by molar-refractivity contribution is 0.408. The number of hydrogen-bond donors (Lipinski definition) is 0. The average Bonchev–Trinajstić information content (AvgIpc) is 3.16. The maximum atomic E-state index is 4.72. The summed E-state index contributed by atoms with van der Waals surface area (Å²) in [7, 11) is 0. The normalized spacial score (nSPS) is 21.4. The highest BCUT2D eigenvalue weighted by atomic mass is 15.0. The molecule has 2 atom stereocenters. The van der Waals surface area contributed by atoms with Gasteiger partial charge in [0.25, 0.3) is 0 Å². The molecule has 0 amide bonds. The summed E-state index contributed by atoms with van der Waals surface area (Å²) in [5.41, 5.74) is 13.8. The van der Waals surface area contributed by atoms with Crippen LogP contribution in [-0.2, 0) is 6.42 Å². The molecule has 3 aromatic carbocycles. The van der Waals surface area contributed by atoms with Crippen molar-refractivity contribution in [3.63, 3.8) is 0 Å². The molecule has 5 aliphatic carbocycles. The fourth-order valence-electron chi connectivity index (χ4n) is 8.81. The molecule has 0 saturated heterocycles. The van der Waals surface area contributed by atoms with Crippen molar-refractivity contribution in [3.05, 3.63) is 148 Å². The summed E-state index contributed by atoms with van der Waals surface area (Å²) in [6.45, 7) is 0. The van der Waals surface area contributed by atoms with Gasteiger partial charge in [-0.1, -0.05) is 72.9 Å². The van der Waals surface area contributed by atoms with Crippen LogP contribution in [0.5, 0.6) is 0 Å². The number of aryl methyl sites for hydroxylation is 1. The minimum atomic E-state index is 0.563. The zero-order valence-corrected chi connectivity index (χ0v) is 27.0. The summed E-state index contributed by atoms with van der Waals surface area (Å²) in [4.78, 5) is 18.9. The predicted molar refractivity (Wildman–Crippen MR) is 196 cm³/mol. The molecule has 0 fully saturated rings. The summed E-state index contributed by atoms with van der Waals surface area (Å²) in [6.07, 6.45) is 31.2. The quantitative estimate of drug-likeness (QED) is 0.188. The monoisotopic (exact) mass is 620 g/mol. The maximum absolute atomic E-state index is 4.72. The smallest absolute Gasteiger partial charge is 0.197 e. The number of benzene rings is 3. The molecule has 0 N–H and O–H groups in total. The van der Waals surface area contributed by atoms with E-state index in [0.717, 1.165) is 30.4 Å². The van der Waals surface area contributed by atoms with Crippen LogP contribution in [0.15, 0.2) is 126 Å². The summed E-state index contributed by atoms with van der Waals surface area (Å²) in [5.74, 6) is 2.41. The Morgan fingerprint density at radius 1 is 0.646 bits per heavy atom. The molecule has 10 rings (SSSR count). The van der Waals surface area contributed by atoms with Gasteiger partial charge in [-0.15, -0.1) is 0 Å². The number of fused-ring (bicyclic) bond motifs is 7. The van der Waals surface area contributed by atoms with Crippen LogP contribution in [0.25, 0.3) is 50.4 Å². The van der Waals surface area contributed by atoms with E-state index in [1.165, 1.54) is 81.5 Å². The van der Waals surface area contributed by atoms with Gasteiger partial charge in [0.1, 0.15) is 0 Å². The Hall–Kier alpha value is -5.22. The molecule has 0 radical (unpaired) electrons. The Morgan fingerprint density at radius 2 is 1.44 bits per heavy atom. The van der Waals surface area contributed by atoms with E-state index in [1.54, 1.807) is 16.7 Å². The molecular formula is C44H36N4. The third-order valence-corrected chi connectivity index (χ3v) is 11.4. The lowest BCUT2D eigenvalue weighted by Crippen LogP contribution is -2.24. The molecule has 5 aliphatic rings. The van der Waals surface area contributed by atoms with Crippen molar-refractivity contribution >= 4 is 38.8 Å². The fraction of sp³-hybridized carbons (Fsp3) is 0.227. The van der Waals surface area contributed by atoms with Gasteiger partial charge in [-0.3, -0.25) is 0 Å². The van der Waals surface area contributed by atoms with Crippen LogP contribution in [0, 0.1) is 11.8 Å². The number of aromatic nitrogens is 4. The van der Waals surface area contributed by atoms with Crippen LogP contribution >= 0.6 is 0 Å². The SMILES string of the molecule is C1=CC2=C(CC1)C1=CC3=CC=C(c4cnc(-c5ncc(C6=Cc7cc8ccc9ccccc9c8cc7CC6)cn5)nc4)CC3CC1CC2. The summed E-state index contributed by atoms with van der Waals surface area (Å²) < 4.78 is 0. The van der Waals surface area contributed by atoms with Gasteiger partial charge in [-0.05, 0) is 141 Å². The number of nitrogens with zero attached hydrogens (tertiary/aromatic N) is 4. The first-order valence-electron chi connectivity index (χ1n) is 17.5. The van der Waals surface area contributed by atoms with Crippen LogP contribution in [0.3, 0.4) is 0 Å². The minimum absolute atomic E-state index is 0.563. The molecule has 2 aromatic heterocycles. The molecular weight excluding hydrogens is 585 g/mol. The molecule has 0 bridgehead atoms. The van der Waals surface area contributed by atoms with E-state index in [-0.39, 0.29) is 0 Å². The first-order valence-corrected chi connectivity index (χ1v) is 17.5. The summed E-state index contributed by atoms with van der Waals surface area (Å²) >= 11 is 0. The van der Waals surface area contributed by atoms with Gasteiger partial charge in [-0.25, -0.2) is 19.9 Å². The summed E-state index contributed by atoms with van der Waals surface area (Å²) in [6, 6.07) is 17.8. The van der Waals surface area contributed by atoms with Crippen LogP contribution in [0.2, 0.25) is 0 Å². The van der Waals surface area contributed by atoms with E-state index in [2.05, 4.69) is 85.0 Å². The number of hydrogen-bond acceptors (Lipinski definition) is 4. The fourth-order valence-corrected chi connectivity index (χ4v) is 8.81. The van der Waals surface area contributed by atoms with Crippen molar-refractivity contribution in [3.8, 4) is 11.6 Å². The van der Waals surface area contributed by atoms with Gasteiger partial charge >= 0.3 is 0 Å². The van der Waals surface area contributed by atoms with Gasteiger partial charge < -0.3 is 0 Å². The lowest BCUT2D eigenvalue weighted by Gasteiger charge is -2.39. The molecule has 48 heavy (non-hydrogen) atoms. The van der Waals surface area contributed by atoms with E-state index in [9.17, 15) is 0 Å². The highest BCUT2D eigenvalue weighted by molar-refractivity contribution is 6.08. The van der Waals surface area contributed by atoms with Gasteiger partial charge in [0, 0.05) is 35.9 Å². The third kappa shape index (κ3) is 4.73. The zero-order valence-electron chi connectivity index (χ0n) is 27.0. The molecule has 2 heterocycles.